The van der Waals surface area contributed by atoms with E-state index in [2.05, 4.69) is 26.2 Å². The smallest absolute Gasteiger partial charge is 0.144 e. The van der Waals surface area contributed by atoms with Crippen LogP contribution in [0.4, 0.5) is 10.2 Å². The van der Waals surface area contributed by atoms with Crippen LogP contribution in [-0.4, -0.2) is 11.5 Å². The molecule has 0 aliphatic rings. The molecular formula is C13H11BrClFN2. The van der Waals surface area contributed by atoms with Gasteiger partial charge in [-0.3, -0.25) is 0 Å². The normalized spacial score (nSPS) is 10.4. The first-order valence-corrected chi connectivity index (χ1v) is 6.62. The Balaban J connectivity index is 1.95. The zero-order valence-corrected chi connectivity index (χ0v) is 11.8. The average Bonchev–Trinajstić information content (AvgIpc) is 2.34. The largest absolute Gasteiger partial charge is 0.369 e. The first-order chi connectivity index (χ1) is 8.66. The second kappa shape index (κ2) is 6.16. The van der Waals surface area contributed by atoms with Gasteiger partial charge in [0.1, 0.15) is 11.6 Å². The van der Waals surface area contributed by atoms with Crippen molar-refractivity contribution in [1.82, 2.24) is 4.98 Å². The number of nitrogens with one attached hydrogen (secondary N) is 1. The summed E-state index contributed by atoms with van der Waals surface area (Å²) in [6.07, 6.45) is 2.25. The standard InChI is InChI=1S/C13H11BrClFN2/c14-10-7-11(15)13(18-8-10)17-6-5-9-3-1-2-4-12(9)16/h1-4,7-8H,5-6H2,(H,17,18). The zero-order chi connectivity index (χ0) is 13.0. The molecule has 94 valence electrons. The molecule has 1 aromatic carbocycles. The van der Waals surface area contributed by atoms with Crippen LogP contribution in [0, 0.1) is 5.82 Å². The summed E-state index contributed by atoms with van der Waals surface area (Å²) in [5.74, 6) is 0.422. The molecule has 18 heavy (non-hydrogen) atoms. The fraction of sp³-hybridized carbons (Fsp3) is 0.154. The Labute approximate surface area is 118 Å². The van der Waals surface area contributed by atoms with Gasteiger partial charge in [-0.15, -0.1) is 0 Å². The first-order valence-electron chi connectivity index (χ1n) is 5.45. The van der Waals surface area contributed by atoms with Gasteiger partial charge in [-0.25, -0.2) is 9.37 Å². The van der Waals surface area contributed by atoms with Crippen molar-refractivity contribution in [3.63, 3.8) is 0 Å². The second-order valence-electron chi connectivity index (χ2n) is 3.75. The van der Waals surface area contributed by atoms with Crippen LogP contribution in [0.3, 0.4) is 0 Å². The maximum absolute atomic E-state index is 13.4. The van der Waals surface area contributed by atoms with Gasteiger partial charge >= 0.3 is 0 Å². The summed E-state index contributed by atoms with van der Waals surface area (Å²) in [5.41, 5.74) is 0.679. The van der Waals surface area contributed by atoms with Crippen molar-refractivity contribution < 1.29 is 4.39 Å². The minimum absolute atomic E-state index is 0.186. The molecular weight excluding hydrogens is 319 g/mol. The lowest BCUT2D eigenvalue weighted by Gasteiger charge is -2.08. The summed E-state index contributed by atoms with van der Waals surface area (Å²) in [4.78, 5) is 4.15. The lowest BCUT2D eigenvalue weighted by molar-refractivity contribution is 0.610. The molecule has 2 aromatic rings. The Morgan fingerprint density at radius 3 is 2.83 bits per heavy atom. The third-order valence-corrected chi connectivity index (χ3v) is 3.17. The van der Waals surface area contributed by atoms with E-state index in [1.807, 2.05) is 6.07 Å². The minimum Gasteiger partial charge on any atom is -0.369 e. The van der Waals surface area contributed by atoms with Crippen LogP contribution < -0.4 is 5.32 Å². The predicted octanol–water partition coefficient (Wildman–Crippen LogP) is 4.29. The maximum Gasteiger partial charge on any atom is 0.144 e. The minimum atomic E-state index is -0.186. The van der Waals surface area contributed by atoms with Gasteiger partial charge in [0.25, 0.3) is 0 Å². The van der Waals surface area contributed by atoms with Crippen molar-refractivity contribution in [2.24, 2.45) is 0 Å². The number of hydrogen-bond acceptors (Lipinski definition) is 2. The Bertz CT molecular complexity index is 548. The van der Waals surface area contributed by atoms with E-state index >= 15 is 0 Å². The van der Waals surface area contributed by atoms with Crippen molar-refractivity contribution in [3.8, 4) is 0 Å². The van der Waals surface area contributed by atoms with Crippen molar-refractivity contribution in [3.05, 3.63) is 57.4 Å². The number of anilines is 1. The number of hydrogen-bond donors (Lipinski definition) is 1. The SMILES string of the molecule is Fc1ccccc1CCNc1ncc(Br)cc1Cl. The van der Waals surface area contributed by atoms with Gasteiger partial charge in [0, 0.05) is 17.2 Å². The van der Waals surface area contributed by atoms with Crippen LogP contribution in [-0.2, 0) is 6.42 Å². The molecule has 0 unspecified atom stereocenters. The van der Waals surface area contributed by atoms with E-state index in [4.69, 9.17) is 11.6 Å². The molecule has 2 nitrogen and oxygen atoms in total. The molecule has 1 heterocycles. The fourth-order valence-corrected chi connectivity index (χ4v) is 2.26. The lowest BCUT2D eigenvalue weighted by Crippen LogP contribution is -2.07. The van der Waals surface area contributed by atoms with Gasteiger partial charge in [-0.1, -0.05) is 29.8 Å². The predicted molar refractivity (Wildman–Crippen MR) is 75.5 cm³/mol. The summed E-state index contributed by atoms with van der Waals surface area (Å²) in [6, 6.07) is 8.50. The Hall–Kier alpha value is -1.13. The highest BCUT2D eigenvalue weighted by Gasteiger charge is 2.03. The third-order valence-electron chi connectivity index (χ3n) is 2.45. The summed E-state index contributed by atoms with van der Waals surface area (Å²) < 4.78 is 14.2. The summed E-state index contributed by atoms with van der Waals surface area (Å²) in [6.45, 7) is 0.579. The number of halogens is 3. The van der Waals surface area contributed by atoms with E-state index < -0.39 is 0 Å². The number of rotatable bonds is 4. The molecule has 0 amide bonds. The van der Waals surface area contributed by atoms with Crippen LogP contribution in [0.5, 0.6) is 0 Å². The number of aromatic nitrogens is 1. The molecule has 1 N–H and O–H groups in total. The average molecular weight is 330 g/mol. The summed E-state index contributed by atoms with van der Waals surface area (Å²) in [7, 11) is 0. The fourth-order valence-electron chi connectivity index (χ4n) is 1.56. The molecule has 0 spiro atoms. The van der Waals surface area contributed by atoms with Crippen molar-refractivity contribution >= 4 is 33.3 Å². The van der Waals surface area contributed by atoms with Gasteiger partial charge in [0.15, 0.2) is 0 Å². The molecule has 0 bridgehead atoms. The molecule has 0 atom stereocenters. The van der Waals surface area contributed by atoms with E-state index in [-0.39, 0.29) is 5.82 Å². The van der Waals surface area contributed by atoms with E-state index in [0.717, 1.165) is 4.47 Å². The van der Waals surface area contributed by atoms with Gasteiger partial charge in [-0.2, -0.15) is 0 Å². The van der Waals surface area contributed by atoms with E-state index in [1.165, 1.54) is 6.07 Å². The highest BCUT2D eigenvalue weighted by molar-refractivity contribution is 9.10. The monoisotopic (exact) mass is 328 g/mol. The topological polar surface area (TPSA) is 24.9 Å². The number of benzene rings is 1. The van der Waals surface area contributed by atoms with Crippen molar-refractivity contribution in [2.75, 3.05) is 11.9 Å². The lowest BCUT2D eigenvalue weighted by atomic mass is 10.1. The van der Waals surface area contributed by atoms with Crippen molar-refractivity contribution in [1.29, 1.82) is 0 Å². The molecule has 0 saturated heterocycles. The van der Waals surface area contributed by atoms with Crippen LogP contribution in [0.15, 0.2) is 41.0 Å². The molecule has 5 heteroatoms. The van der Waals surface area contributed by atoms with E-state index in [9.17, 15) is 4.39 Å². The van der Waals surface area contributed by atoms with Crippen LogP contribution in [0.25, 0.3) is 0 Å². The summed E-state index contributed by atoms with van der Waals surface area (Å²) in [5, 5.41) is 3.63. The number of pyridine rings is 1. The van der Waals surface area contributed by atoms with Crippen LogP contribution in [0.2, 0.25) is 5.02 Å². The third kappa shape index (κ3) is 3.43. The highest BCUT2D eigenvalue weighted by atomic mass is 79.9. The zero-order valence-electron chi connectivity index (χ0n) is 9.46. The molecule has 0 aliphatic heterocycles. The Kier molecular flexibility index (Phi) is 4.55. The molecule has 0 radical (unpaired) electrons. The quantitative estimate of drug-likeness (QED) is 0.905. The summed E-state index contributed by atoms with van der Waals surface area (Å²) >= 11 is 9.30. The van der Waals surface area contributed by atoms with Crippen LogP contribution >= 0.6 is 27.5 Å². The molecule has 1 aromatic heterocycles. The number of nitrogens with zero attached hydrogens (tertiary/aromatic N) is 1. The Morgan fingerprint density at radius 1 is 1.33 bits per heavy atom. The van der Waals surface area contributed by atoms with Gasteiger partial charge in [-0.05, 0) is 40.0 Å². The molecule has 0 saturated carbocycles. The second-order valence-corrected chi connectivity index (χ2v) is 5.08. The molecule has 2 rings (SSSR count). The molecule has 0 fully saturated rings. The van der Waals surface area contributed by atoms with Crippen molar-refractivity contribution in [2.45, 2.75) is 6.42 Å². The van der Waals surface area contributed by atoms with Crippen LogP contribution in [0.1, 0.15) is 5.56 Å². The van der Waals surface area contributed by atoms with E-state index in [0.29, 0.717) is 29.4 Å². The highest BCUT2D eigenvalue weighted by Crippen LogP contribution is 2.22. The maximum atomic E-state index is 13.4. The van der Waals surface area contributed by atoms with Gasteiger partial charge < -0.3 is 5.32 Å². The van der Waals surface area contributed by atoms with E-state index in [1.54, 1.807) is 24.4 Å². The van der Waals surface area contributed by atoms with Gasteiger partial charge in [0.2, 0.25) is 0 Å². The Morgan fingerprint density at radius 2 is 2.11 bits per heavy atom. The van der Waals surface area contributed by atoms with Gasteiger partial charge in [0.05, 0.1) is 5.02 Å². The molecule has 0 aliphatic carbocycles. The first kappa shape index (κ1) is 13.3.